The Kier molecular flexibility index (Phi) is 6.45. The average molecular weight is 411 g/mol. The first-order chi connectivity index (χ1) is 12.6. The number of aliphatic carboxylic acids is 1. The molecule has 0 spiro atoms. The number of hydrogen-bond donors (Lipinski definition) is 2. The topological polar surface area (TPSA) is 104 Å². The molecule has 144 valence electrons. The molecular formula is C18H19ClN2O5S. The number of sulfonamides is 1. The molecule has 2 aromatic rings. The molecule has 0 unspecified atom stereocenters. The van der Waals surface area contributed by atoms with Crippen molar-refractivity contribution in [1.29, 1.82) is 0 Å². The van der Waals surface area contributed by atoms with Crippen LogP contribution in [0.15, 0.2) is 47.4 Å². The molecule has 0 aromatic heterocycles. The van der Waals surface area contributed by atoms with Gasteiger partial charge in [0.25, 0.3) is 15.9 Å². The zero-order valence-electron chi connectivity index (χ0n) is 14.8. The number of carboxylic acid groups (broad SMARTS) is 1. The van der Waals surface area contributed by atoms with Gasteiger partial charge in [0.2, 0.25) is 0 Å². The van der Waals surface area contributed by atoms with Gasteiger partial charge in [-0.1, -0.05) is 23.7 Å². The highest BCUT2D eigenvalue weighted by Gasteiger charge is 2.20. The van der Waals surface area contributed by atoms with Crippen LogP contribution in [0.4, 0.5) is 5.69 Å². The highest BCUT2D eigenvalue weighted by Crippen LogP contribution is 2.25. The van der Waals surface area contributed by atoms with E-state index in [9.17, 15) is 18.0 Å². The molecule has 27 heavy (non-hydrogen) atoms. The van der Waals surface area contributed by atoms with E-state index in [0.29, 0.717) is 12.0 Å². The smallest absolute Gasteiger partial charge is 0.303 e. The summed E-state index contributed by atoms with van der Waals surface area (Å²) in [5.41, 5.74) is 0.963. The van der Waals surface area contributed by atoms with Gasteiger partial charge in [0.1, 0.15) is 0 Å². The molecule has 0 aliphatic rings. The van der Waals surface area contributed by atoms with E-state index in [-0.39, 0.29) is 33.5 Å². The second-order valence-corrected chi connectivity index (χ2v) is 8.15. The van der Waals surface area contributed by atoms with Crippen LogP contribution < -0.4 is 4.72 Å². The van der Waals surface area contributed by atoms with E-state index in [1.807, 2.05) is 0 Å². The van der Waals surface area contributed by atoms with Gasteiger partial charge in [0.05, 0.1) is 16.1 Å². The van der Waals surface area contributed by atoms with Gasteiger partial charge < -0.3 is 10.0 Å². The van der Waals surface area contributed by atoms with Gasteiger partial charge in [0, 0.05) is 25.5 Å². The van der Waals surface area contributed by atoms with Gasteiger partial charge in [-0.15, -0.1) is 0 Å². The molecule has 0 atom stereocenters. The first-order valence-electron chi connectivity index (χ1n) is 7.95. The normalized spacial score (nSPS) is 11.1. The van der Waals surface area contributed by atoms with Gasteiger partial charge in [-0.2, -0.15) is 0 Å². The summed E-state index contributed by atoms with van der Waals surface area (Å²) in [4.78, 5) is 24.2. The lowest BCUT2D eigenvalue weighted by Crippen LogP contribution is -2.24. The first-order valence-corrected chi connectivity index (χ1v) is 9.81. The molecule has 9 heteroatoms. The quantitative estimate of drug-likeness (QED) is 0.730. The van der Waals surface area contributed by atoms with Crippen LogP contribution in [0.25, 0.3) is 0 Å². The minimum absolute atomic E-state index is 0.00944. The molecule has 0 fully saturated rings. The number of rotatable bonds is 7. The zero-order chi connectivity index (χ0) is 20.2. The molecule has 1 amide bonds. The van der Waals surface area contributed by atoms with Crippen molar-refractivity contribution in [2.45, 2.75) is 17.7 Å². The molecule has 0 saturated heterocycles. The summed E-state index contributed by atoms with van der Waals surface area (Å²) >= 11 is 5.95. The number of carboxylic acids is 1. The van der Waals surface area contributed by atoms with E-state index < -0.39 is 16.0 Å². The monoisotopic (exact) mass is 410 g/mol. The predicted octanol–water partition coefficient (Wildman–Crippen LogP) is 2.86. The van der Waals surface area contributed by atoms with Crippen molar-refractivity contribution in [3.8, 4) is 0 Å². The molecule has 0 bridgehead atoms. The maximum absolute atomic E-state index is 12.7. The number of anilines is 1. The summed E-state index contributed by atoms with van der Waals surface area (Å²) in [5, 5.41) is 8.99. The summed E-state index contributed by atoms with van der Waals surface area (Å²) in [6.45, 7) is 0. The van der Waals surface area contributed by atoms with Crippen molar-refractivity contribution in [3.05, 3.63) is 58.6 Å². The Morgan fingerprint density at radius 3 is 2.30 bits per heavy atom. The molecule has 0 heterocycles. The van der Waals surface area contributed by atoms with Crippen molar-refractivity contribution in [2.75, 3.05) is 18.8 Å². The van der Waals surface area contributed by atoms with Crippen molar-refractivity contribution < 1.29 is 23.1 Å². The Morgan fingerprint density at radius 1 is 1.11 bits per heavy atom. The summed E-state index contributed by atoms with van der Waals surface area (Å²) in [6.07, 6.45) is 0.266. The SMILES string of the molecule is CN(C)C(=O)c1ccc(Cl)cc1NS(=O)(=O)c1ccc(CCC(=O)O)cc1. The molecule has 0 aliphatic heterocycles. The lowest BCUT2D eigenvalue weighted by Gasteiger charge is -2.16. The Balaban J connectivity index is 2.30. The van der Waals surface area contributed by atoms with Crippen molar-refractivity contribution >= 4 is 39.2 Å². The number of aryl methyl sites for hydroxylation is 1. The average Bonchev–Trinajstić information content (AvgIpc) is 2.59. The molecule has 2 rings (SSSR count). The van der Waals surface area contributed by atoms with E-state index in [0.717, 1.165) is 0 Å². The second-order valence-electron chi connectivity index (χ2n) is 6.03. The Labute approximate surface area is 162 Å². The standard InChI is InChI=1S/C18H19ClN2O5S/c1-21(2)18(24)15-9-6-13(19)11-16(15)20-27(25,26)14-7-3-12(4-8-14)5-10-17(22)23/h3-4,6-9,11,20H,5,10H2,1-2H3,(H,22,23). The fourth-order valence-corrected chi connectivity index (χ4v) is 3.56. The van der Waals surface area contributed by atoms with Crippen LogP contribution >= 0.6 is 11.6 Å². The van der Waals surface area contributed by atoms with Crippen LogP contribution in [0, 0.1) is 0 Å². The van der Waals surface area contributed by atoms with Crippen LogP contribution in [0.2, 0.25) is 5.02 Å². The largest absolute Gasteiger partial charge is 0.481 e. The van der Waals surface area contributed by atoms with Crippen molar-refractivity contribution in [1.82, 2.24) is 4.90 Å². The van der Waals surface area contributed by atoms with Gasteiger partial charge in [-0.25, -0.2) is 8.42 Å². The van der Waals surface area contributed by atoms with Gasteiger partial charge in [0.15, 0.2) is 0 Å². The minimum atomic E-state index is -3.96. The van der Waals surface area contributed by atoms with E-state index in [1.54, 1.807) is 26.2 Å². The number of benzene rings is 2. The molecule has 0 saturated carbocycles. The molecule has 2 N–H and O–H groups in total. The van der Waals surface area contributed by atoms with Crippen LogP contribution in [0.3, 0.4) is 0 Å². The lowest BCUT2D eigenvalue weighted by atomic mass is 10.1. The summed E-state index contributed by atoms with van der Waals surface area (Å²) in [5.74, 6) is -1.29. The van der Waals surface area contributed by atoms with Crippen LogP contribution in [-0.4, -0.2) is 44.4 Å². The number of nitrogens with zero attached hydrogens (tertiary/aromatic N) is 1. The second kappa shape index (κ2) is 8.41. The van der Waals surface area contributed by atoms with Crippen LogP contribution in [-0.2, 0) is 21.2 Å². The molecule has 2 aromatic carbocycles. The fourth-order valence-electron chi connectivity index (χ4n) is 2.32. The lowest BCUT2D eigenvalue weighted by molar-refractivity contribution is -0.136. The highest BCUT2D eigenvalue weighted by atomic mass is 35.5. The molecule has 7 nitrogen and oxygen atoms in total. The molecular weight excluding hydrogens is 392 g/mol. The highest BCUT2D eigenvalue weighted by molar-refractivity contribution is 7.92. The third-order valence-corrected chi connectivity index (χ3v) is 5.34. The van der Waals surface area contributed by atoms with E-state index in [4.69, 9.17) is 16.7 Å². The van der Waals surface area contributed by atoms with Crippen LogP contribution in [0.5, 0.6) is 0 Å². The minimum Gasteiger partial charge on any atom is -0.481 e. The Hall–Kier alpha value is -2.58. The van der Waals surface area contributed by atoms with Gasteiger partial charge in [-0.05, 0) is 42.3 Å². The predicted molar refractivity (Wildman–Crippen MR) is 103 cm³/mol. The van der Waals surface area contributed by atoms with Gasteiger partial charge >= 0.3 is 5.97 Å². The van der Waals surface area contributed by atoms with E-state index >= 15 is 0 Å². The number of carbonyl (C=O) groups excluding carboxylic acids is 1. The van der Waals surface area contributed by atoms with E-state index in [1.165, 1.54) is 35.2 Å². The number of carbonyl (C=O) groups is 2. The Morgan fingerprint density at radius 2 is 1.74 bits per heavy atom. The fraction of sp³-hybridized carbons (Fsp3) is 0.222. The summed E-state index contributed by atoms with van der Waals surface area (Å²) < 4.78 is 27.7. The number of halogens is 1. The van der Waals surface area contributed by atoms with E-state index in [2.05, 4.69) is 4.72 Å². The van der Waals surface area contributed by atoms with Gasteiger partial charge in [-0.3, -0.25) is 14.3 Å². The third kappa shape index (κ3) is 5.45. The zero-order valence-corrected chi connectivity index (χ0v) is 16.3. The maximum atomic E-state index is 12.7. The number of amides is 1. The summed E-state index contributed by atoms with van der Waals surface area (Å²) in [6, 6.07) is 10.2. The molecule has 0 aliphatic carbocycles. The first kappa shape index (κ1) is 20.7. The Bertz CT molecular complexity index is 956. The molecule has 0 radical (unpaired) electrons. The third-order valence-electron chi connectivity index (χ3n) is 3.72. The summed E-state index contributed by atoms with van der Waals surface area (Å²) in [7, 11) is -0.834. The number of nitrogens with one attached hydrogen (secondary N) is 1. The van der Waals surface area contributed by atoms with Crippen molar-refractivity contribution in [2.24, 2.45) is 0 Å². The van der Waals surface area contributed by atoms with Crippen LogP contribution in [0.1, 0.15) is 22.3 Å². The van der Waals surface area contributed by atoms with Crippen molar-refractivity contribution in [3.63, 3.8) is 0 Å². The number of hydrogen-bond acceptors (Lipinski definition) is 4. The maximum Gasteiger partial charge on any atom is 0.303 e.